The summed E-state index contributed by atoms with van der Waals surface area (Å²) in [5, 5.41) is 19.3. The van der Waals surface area contributed by atoms with Crippen LogP contribution in [0.2, 0.25) is 0 Å². The number of carboxylic acid groups (broad SMARTS) is 1. The fourth-order valence-electron chi connectivity index (χ4n) is 5.46. The Kier molecular flexibility index (Phi) is 9.93. The number of methoxy groups -OCH3 is 1. The van der Waals surface area contributed by atoms with Gasteiger partial charge in [0.1, 0.15) is 22.3 Å². The van der Waals surface area contributed by atoms with E-state index in [-0.39, 0.29) is 29.5 Å². The molecule has 1 saturated heterocycles. The molecule has 0 spiro atoms. The highest BCUT2D eigenvalue weighted by Gasteiger charge is 2.38. The zero-order valence-electron chi connectivity index (χ0n) is 26.3. The predicted octanol–water partition coefficient (Wildman–Crippen LogP) is 3.72. The molecule has 3 heterocycles. The summed E-state index contributed by atoms with van der Waals surface area (Å²) in [7, 11) is 3.41. The van der Waals surface area contributed by atoms with Crippen molar-refractivity contribution in [2.75, 3.05) is 32.6 Å². The van der Waals surface area contributed by atoms with E-state index in [1.165, 1.54) is 30.6 Å². The highest BCUT2D eigenvalue weighted by atomic mass is 32.1. The lowest BCUT2D eigenvalue weighted by molar-refractivity contribution is -0.0280. The third kappa shape index (κ3) is 6.31. The number of nitrogens with one attached hydrogen (secondary N) is 3. The van der Waals surface area contributed by atoms with Crippen molar-refractivity contribution < 1.29 is 19.4 Å². The van der Waals surface area contributed by atoms with Gasteiger partial charge in [0.05, 0.1) is 34.9 Å². The molecule has 13 nitrogen and oxygen atoms in total. The number of guanidine groups is 1. The maximum Gasteiger partial charge on any atom is 0.335 e. The van der Waals surface area contributed by atoms with Crippen LogP contribution in [0.4, 0.5) is 5.95 Å². The maximum atomic E-state index is 13.6. The zero-order valence-corrected chi connectivity index (χ0v) is 27.2. The second kappa shape index (κ2) is 13.3. The summed E-state index contributed by atoms with van der Waals surface area (Å²) in [6.07, 6.45) is 0.187. The molecule has 1 aliphatic heterocycles. The van der Waals surface area contributed by atoms with Gasteiger partial charge in [0.25, 0.3) is 5.91 Å². The molecule has 0 aliphatic carbocycles. The van der Waals surface area contributed by atoms with Crippen molar-refractivity contribution in [3.05, 3.63) is 33.3 Å². The highest BCUT2D eigenvalue weighted by molar-refractivity contribution is 7.13. The van der Waals surface area contributed by atoms with Gasteiger partial charge >= 0.3 is 5.97 Å². The Morgan fingerprint density at radius 3 is 2.56 bits per heavy atom. The Morgan fingerprint density at radius 1 is 1.26 bits per heavy atom. The zero-order chi connectivity index (χ0) is 31.6. The fraction of sp³-hybridized carbons (Fsp3) is 0.552. The third-order valence-electron chi connectivity index (χ3n) is 7.93. The topological polar surface area (TPSA) is 149 Å². The van der Waals surface area contributed by atoms with Crippen molar-refractivity contribution in [3.63, 3.8) is 0 Å². The van der Waals surface area contributed by atoms with Gasteiger partial charge in [-0.2, -0.15) is 0 Å². The Labute approximate surface area is 256 Å². The smallest absolute Gasteiger partial charge is 0.335 e. The molecular weight excluding hydrogens is 570 g/mol. The number of hydrogen-bond donors (Lipinski definition) is 4. The van der Waals surface area contributed by atoms with E-state index >= 15 is 0 Å². The molecule has 1 amide bonds. The largest absolute Gasteiger partial charge is 0.494 e. The van der Waals surface area contributed by atoms with Gasteiger partial charge in [-0.05, 0) is 53.2 Å². The van der Waals surface area contributed by atoms with E-state index in [1.54, 1.807) is 0 Å². The van der Waals surface area contributed by atoms with Crippen LogP contribution < -0.4 is 20.8 Å². The first-order valence-electron chi connectivity index (χ1n) is 14.6. The molecule has 0 bridgehead atoms. The van der Waals surface area contributed by atoms with Crippen LogP contribution >= 0.6 is 11.3 Å². The lowest BCUT2D eigenvalue weighted by Gasteiger charge is -2.50. The van der Waals surface area contributed by atoms with Gasteiger partial charge in [0, 0.05) is 32.2 Å². The minimum absolute atomic E-state index is 0.0335. The molecule has 2 unspecified atom stereocenters. The average molecular weight is 614 g/mol. The minimum atomic E-state index is -1.10. The van der Waals surface area contributed by atoms with Crippen molar-refractivity contribution in [2.24, 2.45) is 4.99 Å². The summed E-state index contributed by atoms with van der Waals surface area (Å²) in [5.74, 6) is -0.170. The van der Waals surface area contributed by atoms with Crippen molar-refractivity contribution in [2.45, 2.75) is 79.2 Å². The number of benzene rings is 1. The first-order valence-corrected chi connectivity index (χ1v) is 15.4. The number of anilines is 1. The second-order valence-corrected chi connectivity index (χ2v) is 11.8. The summed E-state index contributed by atoms with van der Waals surface area (Å²) in [4.78, 5) is 41.9. The summed E-state index contributed by atoms with van der Waals surface area (Å²) >= 11 is 1.33. The molecule has 234 valence electrons. The number of thiazole rings is 1. The molecule has 2 aromatic heterocycles. The number of hydrogen-bond acceptors (Lipinski definition) is 9. The molecule has 4 atom stereocenters. The number of aromatic nitrogens is 3. The van der Waals surface area contributed by atoms with Crippen LogP contribution in [0.5, 0.6) is 5.75 Å². The quantitative estimate of drug-likeness (QED) is 0.186. The Hall–Kier alpha value is -3.75. The lowest BCUT2D eigenvalue weighted by Crippen LogP contribution is -2.73. The van der Waals surface area contributed by atoms with E-state index in [0.29, 0.717) is 46.6 Å². The molecule has 0 radical (unpaired) electrons. The number of imidazole rings is 1. The summed E-state index contributed by atoms with van der Waals surface area (Å²) in [6.45, 7) is 15.7. The number of aryl methyl sites for hydroxylation is 2. The fourth-order valence-corrected chi connectivity index (χ4v) is 6.36. The van der Waals surface area contributed by atoms with E-state index in [4.69, 9.17) is 14.7 Å². The number of ether oxygens (including phenoxy) is 1. The van der Waals surface area contributed by atoms with Crippen LogP contribution in [-0.2, 0) is 6.42 Å². The van der Waals surface area contributed by atoms with E-state index in [2.05, 4.69) is 46.8 Å². The van der Waals surface area contributed by atoms with Crippen LogP contribution in [0, 0.1) is 6.92 Å². The molecule has 0 saturated carbocycles. The van der Waals surface area contributed by atoms with Crippen LogP contribution in [-0.4, -0.2) is 92.8 Å². The van der Waals surface area contributed by atoms with Gasteiger partial charge in [-0.1, -0.05) is 13.8 Å². The minimum Gasteiger partial charge on any atom is -0.494 e. The van der Waals surface area contributed by atoms with Crippen LogP contribution in [0.3, 0.4) is 0 Å². The number of aromatic carboxylic acids is 1. The van der Waals surface area contributed by atoms with Crippen molar-refractivity contribution in [3.8, 4) is 5.75 Å². The number of fused-ring (bicyclic) bond motifs is 1. The van der Waals surface area contributed by atoms with E-state index in [1.807, 2.05) is 44.2 Å². The lowest BCUT2D eigenvalue weighted by atomic mass is 9.98. The molecular formula is C29H43N9O4S. The van der Waals surface area contributed by atoms with Gasteiger partial charge in [-0.15, -0.1) is 11.3 Å². The summed E-state index contributed by atoms with van der Waals surface area (Å²) < 4.78 is 7.51. The highest BCUT2D eigenvalue weighted by Crippen LogP contribution is 2.35. The Balaban J connectivity index is 1.76. The van der Waals surface area contributed by atoms with Crippen molar-refractivity contribution in [1.29, 1.82) is 0 Å². The number of carbonyl (C=O) groups excluding carboxylic acids is 1. The van der Waals surface area contributed by atoms with E-state index in [9.17, 15) is 14.7 Å². The van der Waals surface area contributed by atoms with Crippen LogP contribution in [0.15, 0.2) is 17.1 Å². The number of hydrazine groups is 1. The van der Waals surface area contributed by atoms with Gasteiger partial charge < -0.3 is 20.1 Å². The number of aliphatic imine (C=N–C) groups is 1. The van der Waals surface area contributed by atoms with E-state index in [0.717, 1.165) is 17.2 Å². The second-order valence-electron chi connectivity index (χ2n) is 10.6. The summed E-state index contributed by atoms with van der Waals surface area (Å²) in [5.41, 5.74) is 5.18. The number of rotatable bonds is 11. The average Bonchev–Trinajstić information content (AvgIpc) is 3.54. The van der Waals surface area contributed by atoms with E-state index < -0.39 is 12.1 Å². The number of nitrogens with zero attached hydrogens (tertiary/aromatic N) is 6. The van der Waals surface area contributed by atoms with Gasteiger partial charge in [0.2, 0.25) is 5.95 Å². The molecule has 1 aliphatic rings. The normalized spacial score (nSPS) is 18.7. The number of likely N-dealkylation sites (N-methyl/N-ethyl adjacent to an activating group) is 1. The monoisotopic (exact) mass is 613 g/mol. The van der Waals surface area contributed by atoms with Crippen molar-refractivity contribution >= 4 is 46.2 Å². The first kappa shape index (κ1) is 32.2. The predicted molar refractivity (Wildman–Crippen MR) is 169 cm³/mol. The van der Waals surface area contributed by atoms with Gasteiger partial charge in [-0.25, -0.2) is 25.2 Å². The number of carboxylic acids is 1. The first-order chi connectivity index (χ1) is 20.4. The van der Waals surface area contributed by atoms with Gasteiger partial charge in [-0.3, -0.25) is 19.7 Å². The molecule has 43 heavy (non-hydrogen) atoms. The summed E-state index contributed by atoms with van der Waals surface area (Å²) in [6, 6.07) is 3.63. The molecule has 1 aromatic carbocycles. The SMILES string of the molecule is CC/N=C(/N[C@@H](C)[C@@H]1NN(CC)C1C)N(C)C(C)n1c(NC(=O)c2sc(C)nc2CC)nc2cc(C(=O)O)cc(OC)c21. The van der Waals surface area contributed by atoms with Crippen LogP contribution in [0.1, 0.15) is 78.4 Å². The number of amides is 1. The molecule has 14 heteroatoms. The van der Waals surface area contributed by atoms with Crippen LogP contribution in [0.25, 0.3) is 11.0 Å². The van der Waals surface area contributed by atoms with Crippen molar-refractivity contribution in [1.82, 2.24) is 35.2 Å². The molecule has 3 aromatic rings. The maximum absolute atomic E-state index is 13.6. The number of carbonyl (C=O) groups is 2. The third-order valence-corrected chi connectivity index (χ3v) is 8.94. The van der Waals surface area contributed by atoms with Gasteiger partial charge in [0.15, 0.2) is 5.96 Å². The molecule has 4 N–H and O–H groups in total. The Bertz CT molecular complexity index is 1520. The Morgan fingerprint density at radius 2 is 1.98 bits per heavy atom. The molecule has 4 rings (SSSR count). The standard InChI is InChI=1S/C29H43N9O4S/c1-10-20-25(43-17(6)32-20)26(39)34-29-33-21-13-19(27(40)41)14-22(42-9)24(21)38(29)18(7)36(8)28(30-11-2)31-15(4)23-16(5)37(12-3)35-23/h13-16,18,23,35H,10-12H2,1-9H3,(H,30,31)(H,40,41)(H,33,34,39)/t15-,16?,18?,23-/m0/s1. The molecule has 1 fully saturated rings.